The number of hydrogen-bond donors (Lipinski definition) is 2. The first kappa shape index (κ1) is 24.9. The molecule has 0 heterocycles. The molecule has 2 N–H and O–H groups in total. The SMILES string of the molecule is CCOc1ccccc1CNC(=NC)NCc1ccc(OCC(F)(F)F)cc1.I. The van der Waals surface area contributed by atoms with E-state index in [1.807, 2.05) is 31.2 Å². The molecule has 0 unspecified atom stereocenters. The van der Waals surface area contributed by atoms with Crippen LogP contribution in [0.3, 0.4) is 0 Å². The molecule has 0 aliphatic heterocycles. The highest BCUT2D eigenvalue weighted by atomic mass is 127. The van der Waals surface area contributed by atoms with Crippen LogP contribution in [-0.2, 0) is 13.1 Å². The fourth-order valence-electron chi connectivity index (χ4n) is 2.40. The van der Waals surface area contributed by atoms with Crippen molar-refractivity contribution in [2.45, 2.75) is 26.2 Å². The lowest BCUT2D eigenvalue weighted by Gasteiger charge is -2.14. The molecule has 5 nitrogen and oxygen atoms in total. The van der Waals surface area contributed by atoms with Crippen LogP contribution in [0.2, 0.25) is 0 Å². The molecule has 0 aromatic heterocycles. The van der Waals surface area contributed by atoms with Crippen molar-refractivity contribution < 1.29 is 22.6 Å². The maximum absolute atomic E-state index is 12.2. The summed E-state index contributed by atoms with van der Waals surface area (Å²) in [7, 11) is 1.66. The molecule has 0 fully saturated rings. The monoisotopic (exact) mass is 523 g/mol. The van der Waals surface area contributed by atoms with E-state index < -0.39 is 12.8 Å². The van der Waals surface area contributed by atoms with Gasteiger partial charge in [-0.25, -0.2) is 0 Å². The van der Waals surface area contributed by atoms with Crippen molar-refractivity contribution in [1.29, 1.82) is 0 Å². The molecule has 9 heteroatoms. The normalized spacial score (nSPS) is 11.4. The van der Waals surface area contributed by atoms with Crippen LogP contribution >= 0.6 is 24.0 Å². The minimum absolute atomic E-state index is 0. The summed E-state index contributed by atoms with van der Waals surface area (Å²) in [5, 5.41) is 6.37. The number of guanidine groups is 1. The Bertz CT molecular complexity index is 768. The van der Waals surface area contributed by atoms with Gasteiger partial charge in [0.1, 0.15) is 11.5 Å². The lowest BCUT2D eigenvalue weighted by molar-refractivity contribution is -0.153. The first-order valence-electron chi connectivity index (χ1n) is 8.85. The van der Waals surface area contributed by atoms with E-state index in [1.165, 1.54) is 12.1 Å². The average molecular weight is 523 g/mol. The largest absolute Gasteiger partial charge is 0.494 e. The van der Waals surface area contributed by atoms with Gasteiger partial charge in [0.15, 0.2) is 12.6 Å². The summed E-state index contributed by atoms with van der Waals surface area (Å²) in [5.74, 6) is 1.60. The Labute approximate surface area is 185 Å². The minimum atomic E-state index is -4.35. The molecule has 0 amide bonds. The summed E-state index contributed by atoms with van der Waals surface area (Å²) in [5.41, 5.74) is 1.90. The number of hydrogen-bond acceptors (Lipinski definition) is 3. The predicted octanol–water partition coefficient (Wildman–Crippen LogP) is 4.51. The van der Waals surface area contributed by atoms with Gasteiger partial charge in [0.2, 0.25) is 0 Å². The highest BCUT2D eigenvalue weighted by Gasteiger charge is 2.28. The highest BCUT2D eigenvalue weighted by Crippen LogP contribution is 2.19. The third kappa shape index (κ3) is 9.25. The lowest BCUT2D eigenvalue weighted by atomic mass is 10.2. The number of alkyl halides is 3. The standard InChI is InChI=1S/C20H24F3N3O2.HI/c1-3-27-18-7-5-4-6-16(18)13-26-19(24-2)25-12-15-8-10-17(11-9-15)28-14-20(21,22)23;/h4-11H,3,12-14H2,1-2H3,(H2,24,25,26);1H. The Kier molecular flexibility index (Phi) is 10.6. The highest BCUT2D eigenvalue weighted by molar-refractivity contribution is 14.0. The van der Waals surface area contributed by atoms with Gasteiger partial charge >= 0.3 is 6.18 Å². The van der Waals surface area contributed by atoms with Crippen LogP contribution < -0.4 is 20.1 Å². The summed E-state index contributed by atoms with van der Waals surface area (Å²) in [6.07, 6.45) is -4.35. The van der Waals surface area contributed by atoms with Crippen molar-refractivity contribution in [1.82, 2.24) is 10.6 Å². The molecule has 29 heavy (non-hydrogen) atoms. The van der Waals surface area contributed by atoms with Crippen LogP contribution in [0.1, 0.15) is 18.1 Å². The van der Waals surface area contributed by atoms with Gasteiger partial charge in [0, 0.05) is 25.7 Å². The van der Waals surface area contributed by atoms with E-state index in [1.54, 1.807) is 19.2 Å². The quantitative estimate of drug-likeness (QED) is 0.304. The Morgan fingerprint density at radius 3 is 2.24 bits per heavy atom. The third-order valence-corrected chi connectivity index (χ3v) is 3.73. The lowest BCUT2D eigenvalue weighted by Crippen LogP contribution is -2.36. The predicted molar refractivity (Wildman–Crippen MR) is 118 cm³/mol. The average Bonchev–Trinajstić information content (AvgIpc) is 2.68. The van der Waals surface area contributed by atoms with Crippen LogP contribution in [0.5, 0.6) is 11.5 Å². The van der Waals surface area contributed by atoms with Gasteiger partial charge < -0.3 is 20.1 Å². The molecule has 2 aromatic carbocycles. The van der Waals surface area contributed by atoms with E-state index in [4.69, 9.17) is 9.47 Å². The van der Waals surface area contributed by atoms with Gasteiger partial charge in [-0.3, -0.25) is 4.99 Å². The second-order valence-corrected chi connectivity index (χ2v) is 5.87. The fraction of sp³-hybridized carbons (Fsp3) is 0.350. The van der Waals surface area contributed by atoms with E-state index in [-0.39, 0.29) is 29.7 Å². The number of benzene rings is 2. The first-order chi connectivity index (χ1) is 13.4. The second kappa shape index (κ2) is 12.4. The number of rotatable bonds is 8. The smallest absolute Gasteiger partial charge is 0.422 e. The molecular weight excluding hydrogens is 498 g/mol. The van der Waals surface area contributed by atoms with Gasteiger partial charge in [-0.1, -0.05) is 30.3 Å². The molecule has 0 atom stereocenters. The zero-order valence-electron chi connectivity index (χ0n) is 16.3. The molecule has 0 spiro atoms. The van der Waals surface area contributed by atoms with Crippen molar-refractivity contribution >= 4 is 29.9 Å². The Morgan fingerprint density at radius 2 is 1.62 bits per heavy atom. The zero-order valence-corrected chi connectivity index (χ0v) is 18.6. The molecule has 2 aromatic rings. The first-order valence-corrected chi connectivity index (χ1v) is 8.85. The Balaban J connectivity index is 0.00000420. The van der Waals surface area contributed by atoms with Crippen LogP contribution in [0.4, 0.5) is 13.2 Å². The second-order valence-electron chi connectivity index (χ2n) is 5.87. The molecule has 0 aliphatic carbocycles. The maximum atomic E-state index is 12.2. The van der Waals surface area contributed by atoms with Crippen LogP contribution in [0.25, 0.3) is 0 Å². The molecular formula is C20H25F3IN3O2. The van der Waals surface area contributed by atoms with Gasteiger partial charge in [-0.2, -0.15) is 13.2 Å². The number of nitrogens with zero attached hydrogens (tertiary/aromatic N) is 1. The van der Waals surface area contributed by atoms with E-state index in [2.05, 4.69) is 15.6 Å². The molecule has 0 aliphatic rings. The van der Waals surface area contributed by atoms with Crippen molar-refractivity contribution in [3.63, 3.8) is 0 Å². The van der Waals surface area contributed by atoms with E-state index in [9.17, 15) is 13.2 Å². The molecule has 0 radical (unpaired) electrons. The van der Waals surface area contributed by atoms with Crippen LogP contribution in [0.15, 0.2) is 53.5 Å². The fourth-order valence-corrected chi connectivity index (χ4v) is 2.40. The molecule has 0 saturated heterocycles. The van der Waals surface area contributed by atoms with Crippen molar-refractivity contribution in [2.75, 3.05) is 20.3 Å². The van der Waals surface area contributed by atoms with Gasteiger partial charge in [0.25, 0.3) is 0 Å². The van der Waals surface area contributed by atoms with Crippen LogP contribution in [-0.4, -0.2) is 32.4 Å². The van der Waals surface area contributed by atoms with Gasteiger partial charge in [-0.15, -0.1) is 24.0 Å². The third-order valence-electron chi connectivity index (χ3n) is 3.73. The summed E-state index contributed by atoms with van der Waals surface area (Å²) in [6, 6.07) is 14.2. The minimum Gasteiger partial charge on any atom is -0.494 e. The molecule has 160 valence electrons. The van der Waals surface area contributed by atoms with E-state index >= 15 is 0 Å². The van der Waals surface area contributed by atoms with E-state index in [0.717, 1.165) is 16.9 Å². The molecule has 2 rings (SSSR count). The van der Waals surface area contributed by atoms with Gasteiger partial charge in [-0.05, 0) is 30.7 Å². The Hall–Kier alpha value is -2.17. The number of halogens is 4. The van der Waals surface area contributed by atoms with Crippen molar-refractivity contribution in [2.24, 2.45) is 4.99 Å². The molecule has 0 bridgehead atoms. The Morgan fingerprint density at radius 1 is 0.966 bits per heavy atom. The number of para-hydroxylation sites is 1. The maximum Gasteiger partial charge on any atom is 0.422 e. The molecule has 0 saturated carbocycles. The van der Waals surface area contributed by atoms with E-state index in [0.29, 0.717) is 25.7 Å². The number of aliphatic imine (C=N–C) groups is 1. The number of ether oxygens (including phenoxy) is 2. The summed E-state index contributed by atoms with van der Waals surface area (Å²) < 4.78 is 46.8. The van der Waals surface area contributed by atoms with Crippen molar-refractivity contribution in [3.05, 3.63) is 59.7 Å². The summed E-state index contributed by atoms with van der Waals surface area (Å²) >= 11 is 0. The van der Waals surface area contributed by atoms with Crippen LogP contribution in [0, 0.1) is 0 Å². The number of nitrogens with one attached hydrogen (secondary N) is 2. The van der Waals surface area contributed by atoms with Crippen molar-refractivity contribution in [3.8, 4) is 11.5 Å². The van der Waals surface area contributed by atoms with Gasteiger partial charge in [0.05, 0.1) is 6.61 Å². The topological polar surface area (TPSA) is 54.9 Å². The summed E-state index contributed by atoms with van der Waals surface area (Å²) in [6.45, 7) is 2.23. The summed E-state index contributed by atoms with van der Waals surface area (Å²) in [4.78, 5) is 4.17. The zero-order chi connectivity index (χ0) is 20.4.